The molecule has 0 aromatic carbocycles. The Labute approximate surface area is 159 Å². The van der Waals surface area contributed by atoms with E-state index in [1.54, 1.807) is 18.0 Å². The van der Waals surface area contributed by atoms with Gasteiger partial charge >= 0.3 is 5.97 Å². The van der Waals surface area contributed by atoms with Crippen molar-refractivity contribution in [3.63, 3.8) is 0 Å². The van der Waals surface area contributed by atoms with Gasteiger partial charge in [-0.05, 0) is 5.41 Å². The third-order valence-electron chi connectivity index (χ3n) is 4.17. The van der Waals surface area contributed by atoms with Crippen molar-refractivity contribution in [1.82, 2.24) is 14.5 Å². The lowest BCUT2D eigenvalue weighted by molar-refractivity contribution is -0.301. The molecule has 0 spiro atoms. The first-order valence-corrected chi connectivity index (χ1v) is 10.0. The van der Waals surface area contributed by atoms with Crippen LogP contribution in [0.5, 0.6) is 0 Å². The number of thioether (sulfide) groups is 2. The zero-order valence-corrected chi connectivity index (χ0v) is 16.0. The lowest BCUT2D eigenvalue weighted by Crippen LogP contribution is -2.70. The van der Waals surface area contributed by atoms with E-state index >= 15 is 0 Å². The van der Waals surface area contributed by atoms with Gasteiger partial charge in [-0.2, -0.15) is 0 Å². The van der Waals surface area contributed by atoms with E-state index in [1.165, 1.54) is 12.3 Å². The van der Waals surface area contributed by atoms with Gasteiger partial charge in [0.05, 0.1) is 11.7 Å². The Morgan fingerprint density at radius 1 is 1.56 bits per heavy atom. The largest absolute Gasteiger partial charge is 0.543 e. The van der Waals surface area contributed by atoms with Crippen LogP contribution in [0.1, 0.15) is 18.7 Å². The number of hydrogen-bond donors (Lipinski definition) is 0. The first-order valence-electron chi connectivity index (χ1n) is 7.30. The van der Waals surface area contributed by atoms with Crippen LogP contribution >= 0.6 is 39.5 Å². The number of halogens is 1. The summed E-state index contributed by atoms with van der Waals surface area (Å²) in [5.74, 6) is -1.54. The number of aryl methyl sites for hydroxylation is 1. The topological polar surface area (TPSA) is 105 Å². The molecule has 0 saturated carbocycles. The number of carboxylic acid groups (broad SMARTS) is 1. The minimum atomic E-state index is -1.42. The number of amides is 1. The number of carbonyl (C=O) groups excluding carboxylic acids is 3. The molecule has 4 rings (SSSR count). The standard InChI is InChI=1S/C14H12BrN3O5S2/c1-6(19)23-9(7-4-17-2-3-24-13(17)16-7)14(15)11(22)18-8(10(20)21)5-25-12(14)18/h4-5,9,12H,2-3H2,1H3,(H,20,21)/p-1/t9?,12-,14?/m1/s1. The van der Waals surface area contributed by atoms with E-state index in [9.17, 15) is 19.5 Å². The normalized spacial score (nSPS) is 28.1. The van der Waals surface area contributed by atoms with E-state index in [2.05, 4.69) is 20.9 Å². The summed E-state index contributed by atoms with van der Waals surface area (Å²) in [6.45, 7) is 2.05. The fourth-order valence-corrected chi connectivity index (χ4v) is 6.29. The van der Waals surface area contributed by atoms with Crippen molar-refractivity contribution in [2.75, 3.05) is 5.75 Å². The van der Waals surface area contributed by atoms with Crippen LogP contribution in [0.2, 0.25) is 0 Å². The van der Waals surface area contributed by atoms with E-state index in [0.717, 1.165) is 34.1 Å². The first kappa shape index (κ1) is 17.0. The Bertz CT molecular complexity index is 819. The molecule has 0 aliphatic carbocycles. The third-order valence-corrected chi connectivity index (χ3v) is 7.84. The molecule has 1 aromatic rings. The Hall–Kier alpha value is -1.46. The number of imidazole rings is 1. The van der Waals surface area contributed by atoms with Crippen molar-refractivity contribution in [3.8, 4) is 0 Å². The molecule has 3 aliphatic heterocycles. The molecule has 1 fully saturated rings. The molecule has 4 heterocycles. The van der Waals surface area contributed by atoms with Gasteiger partial charge in [0.2, 0.25) is 0 Å². The van der Waals surface area contributed by atoms with Gasteiger partial charge in [0.25, 0.3) is 5.91 Å². The van der Waals surface area contributed by atoms with Gasteiger partial charge in [0.15, 0.2) is 15.6 Å². The van der Waals surface area contributed by atoms with Crippen molar-refractivity contribution in [3.05, 3.63) is 23.0 Å². The summed E-state index contributed by atoms with van der Waals surface area (Å²) < 4.78 is 6.10. The zero-order valence-electron chi connectivity index (χ0n) is 12.8. The molecule has 3 aliphatic rings. The smallest absolute Gasteiger partial charge is 0.303 e. The fraction of sp³-hybridized carbons (Fsp3) is 0.429. The number of alkyl halides is 1. The quantitative estimate of drug-likeness (QED) is 0.369. The number of carboxylic acids is 1. The number of aromatic nitrogens is 2. The molecule has 8 nitrogen and oxygen atoms in total. The predicted molar refractivity (Wildman–Crippen MR) is 90.4 cm³/mol. The number of β-lactam (4-membered cyclic amide) rings is 1. The van der Waals surface area contributed by atoms with Gasteiger partial charge in [-0.25, -0.2) is 4.98 Å². The number of esters is 1. The Morgan fingerprint density at radius 3 is 2.96 bits per heavy atom. The number of carbonyl (C=O) groups is 3. The molecule has 2 unspecified atom stereocenters. The lowest BCUT2D eigenvalue weighted by Gasteiger charge is -2.51. The molecular formula is C14H11BrN3O5S2-. The van der Waals surface area contributed by atoms with Crippen LogP contribution in [0.3, 0.4) is 0 Å². The highest BCUT2D eigenvalue weighted by molar-refractivity contribution is 9.10. The minimum Gasteiger partial charge on any atom is -0.543 e. The number of aliphatic carboxylic acids is 1. The second kappa shape index (κ2) is 5.78. The minimum absolute atomic E-state index is 0.181. The number of rotatable bonds is 4. The number of nitrogens with zero attached hydrogens (tertiary/aromatic N) is 3. The van der Waals surface area contributed by atoms with Crippen LogP contribution < -0.4 is 5.11 Å². The molecule has 1 saturated heterocycles. The predicted octanol–water partition coefficient (Wildman–Crippen LogP) is 0.233. The maximum absolute atomic E-state index is 12.8. The van der Waals surface area contributed by atoms with Gasteiger partial charge < -0.3 is 19.2 Å². The summed E-state index contributed by atoms with van der Waals surface area (Å²) in [4.78, 5) is 41.2. The van der Waals surface area contributed by atoms with Gasteiger partial charge in [-0.15, -0.1) is 11.8 Å². The van der Waals surface area contributed by atoms with Crippen LogP contribution in [0.4, 0.5) is 0 Å². The molecule has 0 radical (unpaired) electrons. The second-order valence-corrected chi connectivity index (χ2v) is 9.03. The monoisotopic (exact) mass is 444 g/mol. The van der Waals surface area contributed by atoms with Crippen LogP contribution in [-0.4, -0.2) is 47.7 Å². The average molecular weight is 445 g/mol. The van der Waals surface area contributed by atoms with Crippen molar-refractivity contribution in [2.45, 2.75) is 34.4 Å². The van der Waals surface area contributed by atoms with E-state index in [0.29, 0.717) is 5.69 Å². The fourth-order valence-electron chi connectivity index (χ4n) is 3.07. The van der Waals surface area contributed by atoms with E-state index in [1.807, 2.05) is 4.57 Å². The summed E-state index contributed by atoms with van der Waals surface area (Å²) in [7, 11) is 0. The summed E-state index contributed by atoms with van der Waals surface area (Å²) in [5, 5.41) is 12.8. The molecule has 132 valence electrons. The molecule has 3 atom stereocenters. The van der Waals surface area contributed by atoms with E-state index in [4.69, 9.17) is 4.74 Å². The molecule has 1 aromatic heterocycles. The van der Waals surface area contributed by atoms with Crippen molar-refractivity contribution < 1.29 is 24.2 Å². The molecule has 25 heavy (non-hydrogen) atoms. The van der Waals surface area contributed by atoms with Gasteiger partial charge in [0.1, 0.15) is 11.1 Å². The Balaban J connectivity index is 1.69. The first-order chi connectivity index (χ1) is 11.8. The molecule has 0 bridgehead atoms. The molecular weight excluding hydrogens is 434 g/mol. The van der Waals surface area contributed by atoms with Crippen LogP contribution in [-0.2, 0) is 25.7 Å². The van der Waals surface area contributed by atoms with Gasteiger partial charge in [-0.1, -0.05) is 27.7 Å². The van der Waals surface area contributed by atoms with Crippen molar-refractivity contribution in [2.24, 2.45) is 0 Å². The van der Waals surface area contributed by atoms with Gasteiger partial charge in [-0.3, -0.25) is 14.5 Å². The zero-order chi connectivity index (χ0) is 17.9. The number of ether oxygens (including phenoxy) is 1. The SMILES string of the molecule is CC(=O)OC(c1cn2c(n1)SCC2)C1(Br)C(=O)N2C(C(=O)[O-])=CS[C@@H]21. The average Bonchev–Trinajstić information content (AvgIpc) is 3.23. The van der Waals surface area contributed by atoms with Gasteiger partial charge in [0, 0.05) is 25.4 Å². The highest BCUT2D eigenvalue weighted by atomic mass is 79.9. The highest BCUT2D eigenvalue weighted by Gasteiger charge is 2.68. The molecule has 1 amide bonds. The highest BCUT2D eigenvalue weighted by Crippen LogP contribution is 2.57. The van der Waals surface area contributed by atoms with Crippen molar-refractivity contribution in [1.29, 1.82) is 0 Å². The summed E-state index contributed by atoms with van der Waals surface area (Å²) in [5.41, 5.74) is 0.282. The Morgan fingerprint density at radius 2 is 2.32 bits per heavy atom. The van der Waals surface area contributed by atoms with Crippen LogP contribution in [0, 0.1) is 0 Å². The number of hydrogen-bond acceptors (Lipinski definition) is 8. The molecule has 11 heteroatoms. The molecule has 0 N–H and O–H groups in total. The maximum atomic E-state index is 12.8. The third kappa shape index (κ3) is 2.36. The number of fused-ring (bicyclic) bond motifs is 2. The second-order valence-electron chi connectivity index (χ2n) is 5.70. The van der Waals surface area contributed by atoms with Crippen molar-refractivity contribution >= 4 is 57.3 Å². The summed E-state index contributed by atoms with van der Waals surface area (Å²) in [6, 6.07) is 0. The van der Waals surface area contributed by atoms with E-state index in [-0.39, 0.29) is 5.70 Å². The van der Waals surface area contributed by atoms with Crippen LogP contribution in [0.15, 0.2) is 22.5 Å². The lowest BCUT2D eigenvalue weighted by atomic mass is 9.89. The summed E-state index contributed by atoms with van der Waals surface area (Å²) in [6.07, 6.45) is 0.814. The van der Waals surface area contributed by atoms with Crippen LogP contribution in [0.25, 0.3) is 0 Å². The van der Waals surface area contributed by atoms with E-state index < -0.39 is 33.6 Å². The Kier molecular flexibility index (Phi) is 3.92. The summed E-state index contributed by atoms with van der Waals surface area (Å²) >= 11 is 6.18. The maximum Gasteiger partial charge on any atom is 0.303 e.